The molecule has 0 spiro atoms. The molecule has 0 aromatic heterocycles. The van der Waals surface area contributed by atoms with Crippen molar-refractivity contribution in [1.82, 2.24) is 0 Å². The van der Waals surface area contributed by atoms with E-state index < -0.39 is 15.7 Å². The Kier molecular flexibility index (Phi) is 11.6. The van der Waals surface area contributed by atoms with Gasteiger partial charge in [0.25, 0.3) is 0 Å². The quantitative estimate of drug-likeness (QED) is 0.322. The molecule has 4 rings (SSSR count). The summed E-state index contributed by atoms with van der Waals surface area (Å²) in [5, 5.41) is 2.50. The molecule has 2 aliphatic rings. The predicted molar refractivity (Wildman–Crippen MR) is 137 cm³/mol. The first kappa shape index (κ1) is 27.7. The molecule has 32 heavy (non-hydrogen) atoms. The van der Waals surface area contributed by atoms with E-state index >= 15 is 0 Å². The van der Waals surface area contributed by atoms with Crippen LogP contribution in [0.2, 0.25) is 0 Å². The van der Waals surface area contributed by atoms with Crippen molar-refractivity contribution < 1.29 is 21.6 Å². The number of hydrogen-bond acceptors (Lipinski definition) is 1. The fraction of sp³-hybridized carbons (Fsp3) is 0.214. The van der Waals surface area contributed by atoms with Crippen LogP contribution < -0.4 is 10.6 Å². The molecule has 2 aromatic carbocycles. The monoisotopic (exact) mass is 501 g/mol. The molecule has 0 N–H and O–H groups in total. The Morgan fingerprint density at radius 2 is 1.16 bits per heavy atom. The van der Waals surface area contributed by atoms with Crippen LogP contribution >= 0.6 is 15.7 Å². The Balaban J connectivity index is 0.000000534. The molecule has 10 radical (unpaired) electrons. The smallest absolute Gasteiger partial charge is 0.0733 e. The molecule has 0 amide bonds. The summed E-state index contributed by atoms with van der Waals surface area (Å²) in [6.45, 7) is 8.47. The van der Waals surface area contributed by atoms with Gasteiger partial charge >= 0.3 is 7.80 Å². The van der Waals surface area contributed by atoms with Crippen molar-refractivity contribution in [2.45, 2.75) is 38.5 Å². The standard InChI is InChI=1S/C23H26OP2.C5H5.Fe/c1-18(21-16-11-17-22(21)26(24)23(2,3)4)25(19-12-7-5-8-13-19)20-14-9-6-10-15-20;1-2-4-5-3-1;/h5-18H,1-4H3;1-5H;/q+1;;/t18-;;/m0../s1. The van der Waals surface area contributed by atoms with Gasteiger partial charge in [0.2, 0.25) is 5.66 Å². The molecule has 2 aromatic rings. The van der Waals surface area contributed by atoms with Gasteiger partial charge in [-0.25, -0.2) is 0 Å². The zero-order chi connectivity index (χ0) is 22.3. The minimum atomic E-state index is -1.44. The van der Waals surface area contributed by atoms with Gasteiger partial charge in [0, 0.05) is 29.4 Å². The summed E-state index contributed by atoms with van der Waals surface area (Å²) in [4.78, 5) is 0. The second kappa shape index (κ2) is 13.4. The molecule has 1 nitrogen and oxygen atoms in total. The van der Waals surface area contributed by atoms with Gasteiger partial charge in [-0.15, -0.1) is 0 Å². The van der Waals surface area contributed by atoms with E-state index in [0.29, 0.717) is 5.66 Å². The molecule has 0 aliphatic heterocycles. The SMILES string of the molecule is C[C@@H]([C]1[CH][CH][CH][C]1[P+](=O)C(C)(C)C)P(c1ccccc1)c1ccccc1.[CH]1[CH][CH][CH][CH]1.[Fe]. The molecule has 4 heteroatoms. The van der Waals surface area contributed by atoms with Gasteiger partial charge < -0.3 is 0 Å². The van der Waals surface area contributed by atoms with E-state index in [1.54, 1.807) is 0 Å². The molecule has 2 saturated carbocycles. The topological polar surface area (TPSA) is 17.1 Å². The normalized spacial score (nSPS) is 18.6. The van der Waals surface area contributed by atoms with Crippen molar-refractivity contribution in [1.29, 1.82) is 0 Å². The van der Waals surface area contributed by atoms with E-state index in [1.165, 1.54) is 16.5 Å². The first-order chi connectivity index (χ1) is 14.9. The van der Waals surface area contributed by atoms with Gasteiger partial charge in [-0.2, -0.15) is 0 Å². The molecule has 0 heterocycles. The minimum Gasteiger partial charge on any atom is -0.0733 e. The number of rotatable bonds is 5. The fourth-order valence-electron chi connectivity index (χ4n) is 3.56. The maximum Gasteiger partial charge on any atom is 0.356 e. The molecule has 1 unspecified atom stereocenters. The molecule has 166 valence electrons. The van der Waals surface area contributed by atoms with Crippen molar-refractivity contribution in [2.24, 2.45) is 0 Å². The Morgan fingerprint density at radius 3 is 1.56 bits per heavy atom. The summed E-state index contributed by atoms with van der Waals surface area (Å²) in [7, 11) is -2.00. The molecule has 2 fully saturated rings. The minimum absolute atomic E-state index is 0. The average Bonchev–Trinajstić information content (AvgIpc) is 3.49. The second-order valence-electron chi connectivity index (χ2n) is 8.51. The molecular formula is C28H31FeOP2+. The van der Waals surface area contributed by atoms with E-state index in [4.69, 9.17) is 0 Å². The van der Waals surface area contributed by atoms with Crippen molar-refractivity contribution in [2.75, 3.05) is 0 Å². The van der Waals surface area contributed by atoms with Gasteiger partial charge in [-0.1, -0.05) is 72.2 Å². The van der Waals surface area contributed by atoms with Crippen LogP contribution in [0, 0.1) is 62.9 Å². The third kappa shape index (κ3) is 7.50. The second-order valence-corrected chi connectivity index (χ2v) is 13.5. The molecule has 0 saturated heterocycles. The number of benzene rings is 2. The maximum atomic E-state index is 13.1. The van der Waals surface area contributed by atoms with Crippen LogP contribution in [0.1, 0.15) is 27.7 Å². The van der Waals surface area contributed by atoms with Crippen molar-refractivity contribution in [3.8, 4) is 0 Å². The summed E-state index contributed by atoms with van der Waals surface area (Å²) in [6, 6.07) is 21.5. The zero-order valence-corrected chi connectivity index (χ0v) is 22.0. The van der Waals surface area contributed by atoms with Gasteiger partial charge in [0.15, 0.2) is 5.16 Å². The summed E-state index contributed by atoms with van der Waals surface area (Å²) in [5.74, 6) is 1.24. The van der Waals surface area contributed by atoms with Crippen molar-refractivity contribution >= 4 is 26.3 Å². The third-order valence-corrected chi connectivity index (χ3v) is 9.94. The Labute approximate surface area is 209 Å². The summed E-state index contributed by atoms with van der Waals surface area (Å²) in [6.07, 6.45) is 16.3. The Hall–Kier alpha value is -0.511. The Morgan fingerprint density at radius 1 is 0.719 bits per heavy atom. The van der Waals surface area contributed by atoms with Crippen molar-refractivity contribution in [3.05, 3.63) is 124 Å². The van der Waals surface area contributed by atoms with Crippen LogP contribution in [-0.2, 0) is 21.6 Å². The first-order valence-electron chi connectivity index (χ1n) is 10.7. The van der Waals surface area contributed by atoms with Crippen LogP contribution in [0.25, 0.3) is 0 Å². The predicted octanol–water partition coefficient (Wildman–Crippen LogP) is 6.89. The summed E-state index contributed by atoms with van der Waals surface area (Å²) >= 11 is 0. The fourth-order valence-corrected chi connectivity index (χ4v) is 7.79. The van der Waals surface area contributed by atoms with Crippen LogP contribution in [-0.4, -0.2) is 10.8 Å². The van der Waals surface area contributed by atoms with E-state index in [1.807, 2.05) is 32.1 Å². The summed E-state index contributed by atoms with van der Waals surface area (Å²) < 4.78 is 13.1. The Bertz CT molecular complexity index is 752. The van der Waals surface area contributed by atoms with Crippen LogP contribution in [0.15, 0.2) is 60.7 Å². The van der Waals surface area contributed by atoms with Crippen LogP contribution in [0.3, 0.4) is 0 Å². The molecule has 2 aliphatic carbocycles. The van der Waals surface area contributed by atoms with Crippen LogP contribution in [0.5, 0.6) is 0 Å². The molecule has 0 bridgehead atoms. The van der Waals surface area contributed by atoms with E-state index in [2.05, 4.69) is 108 Å². The zero-order valence-electron chi connectivity index (χ0n) is 19.1. The van der Waals surface area contributed by atoms with Gasteiger partial charge in [0.05, 0.1) is 0 Å². The van der Waals surface area contributed by atoms with E-state index in [9.17, 15) is 4.57 Å². The summed E-state index contributed by atoms with van der Waals surface area (Å²) in [5.41, 5.74) is 1.33. The van der Waals surface area contributed by atoms with Gasteiger partial charge in [-0.05, 0) is 89.9 Å². The van der Waals surface area contributed by atoms with E-state index in [-0.39, 0.29) is 22.2 Å². The van der Waals surface area contributed by atoms with Gasteiger partial charge in [-0.3, -0.25) is 0 Å². The third-order valence-electron chi connectivity index (χ3n) is 5.12. The first-order valence-corrected chi connectivity index (χ1v) is 13.4. The van der Waals surface area contributed by atoms with Crippen LogP contribution in [0.4, 0.5) is 0 Å². The molecule has 2 atom stereocenters. The number of hydrogen-bond donors (Lipinski definition) is 0. The van der Waals surface area contributed by atoms with E-state index in [0.717, 1.165) is 5.66 Å². The molecular weight excluding hydrogens is 470 g/mol. The largest absolute Gasteiger partial charge is 0.356 e. The average molecular weight is 501 g/mol. The van der Waals surface area contributed by atoms with Gasteiger partial charge in [0.1, 0.15) is 0 Å². The van der Waals surface area contributed by atoms with Crippen molar-refractivity contribution in [3.63, 3.8) is 0 Å². The maximum absolute atomic E-state index is 13.1.